The van der Waals surface area contributed by atoms with Gasteiger partial charge in [-0.05, 0) is 67.1 Å². The highest BCUT2D eigenvalue weighted by Crippen LogP contribution is 2.30. The molecule has 1 nitrogen and oxygen atoms in total. The quantitative estimate of drug-likeness (QED) is 0.899. The molecule has 0 saturated heterocycles. The van der Waals surface area contributed by atoms with Crippen molar-refractivity contribution in [1.82, 2.24) is 5.32 Å². The Balaban J connectivity index is 1.76. The third kappa shape index (κ3) is 3.12. The summed E-state index contributed by atoms with van der Waals surface area (Å²) < 4.78 is 13.4. The van der Waals surface area contributed by atoms with E-state index in [0.717, 1.165) is 24.8 Å². The molecule has 1 aliphatic rings. The van der Waals surface area contributed by atoms with E-state index in [0.29, 0.717) is 17.0 Å². The van der Waals surface area contributed by atoms with E-state index in [4.69, 9.17) is 11.6 Å². The van der Waals surface area contributed by atoms with Gasteiger partial charge in [0.25, 0.3) is 0 Å². The molecule has 0 fully saturated rings. The van der Waals surface area contributed by atoms with Crippen molar-refractivity contribution >= 4 is 11.6 Å². The highest BCUT2D eigenvalue weighted by Gasteiger charge is 2.28. The second-order valence-electron chi connectivity index (χ2n) is 5.77. The van der Waals surface area contributed by atoms with Gasteiger partial charge in [-0.2, -0.15) is 0 Å². The minimum absolute atomic E-state index is 0.223. The molecule has 1 aliphatic carbocycles. The van der Waals surface area contributed by atoms with Crippen LogP contribution in [0.4, 0.5) is 4.39 Å². The van der Waals surface area contributed by atoms with Gasteiger partial charge in [-0.25, -0.2) is 4.39 Å². The number of nitrogens with one attached hydrogen (secondary N) is 1. The van der Waals surface area contributed by atoms with Crippen LogP contribution in [0, 0.1) is 11.7 Å². The molecule has 2 aromatic carbocycles. The summed E-state index contributed by atoms with van der Waals surface area (Å²) in [4.78, 5) is 0. The summed E-state index contributed by atoms with van der Waals surface area (Å²) >= 11 is 6.20. The molecule has 0 bridgehead atoms. The van der Waals surface area contributed by atoms with Gasteiger partial charge in [0.2, 0.25) is 0 Å². The Hall–Kier alpha value is -1.38. The molecule has 0 radical (unpaired) electrons. The smallest absolute Gasteiger partial charge is 0.123 e. The number of hydrogen-bond donors (Lipinski definition) is 1. The first-order valence-electron chi connectivity index (χ1n) is 7.35. The Labute approximate surface area is 130 Å². The lowest BCUT2D eigenvalue weighted by atomic mass is 9.91. The van der Waals surface area contributed by atoms with E-state index in [2.05, 4.69) is 29.6 Å². The van der Waals surface area contributed by atoms with E-state index in [9.17, 15) is 4.39 Å². The molecule has 21 heavy (non-hydrogen) atoms. The first kappa shape index (κ1) is 14.6. The molecule has 0 aromatic heterocycles. The minimum atomic E-state index is -0.223. The van der Waals surface area contributed by atoms with Crippen molar-refractivity contribution in [2.24, 2.45) is 5.92 Å². The lowest BCUT2D eigenvalue weighted by molar-refractivity contribution is 0.383. The normalized spacial score (nSPS) is 16.0. The van der Waals surface area contributed by atoms with Gasteiger partial charge in [0.1, 0.15) is 5.82 Å². The van der Waals surface area contributed by atoms with Crippen LogP contribution in [-0.2, 0) is 19.3 Å². The average molecular weight is 304 g/mol. The summed E-state index contributed by atoms with van der Waals surface area (Å²) in [7, 11) is 1.97. The van der Waals surface area contributed by atoms with Crippen molar-refractivity contribution in [1.29, 1.82) is 0 Å². The van der Waals surface area contributed by atoms with Gasteiger partial charge in [-0.3, -0.25) is 0 Å². The molecule has 0 saturated carbocycles. The van der Waals surface area contributed by atoms with Crippen molar-refractivity contribution in [3.63, 3.8) is 0 Å². The molecule has 0 spiro atoms. The zero-order chi connectivity index (χ0) is 14.8. The number of fused-ring (bicyclic) bond motifs is 1. The van der Waals surface area contributed by atoms with Crippen molar-refractivity contribution in [3.8, 4) is 0 Å². The van der Waals surface area contributed by atoms with Crippen molar-refractivity contribution in [2.75, 3.05) is 7.05 Å². The van der Waals surface area contributed by atoms with Gasteiger partial charge in [-0.1, -0.05) is 35.9 Å². The van der Waals surface area contributed by atoms with Crippen molar-refractivity contribution in [2.45, 2.75) is 25.3 Å². The van der Waals surface area contributed by atoms with Gasteiger partial charge >= 0.3 is 0 Å². The highest BCUT2D eigenvalue weighted by atomic mass is 35.5. The third-order valence-electron chi connectivity index (χ3n) is 4.47. The fraction of sp³-hybridized carbons (Fsp3) is 0.333. The third-order valence-corrected chi connectivity index (χ3v) is 4.84. The highest BCUT2D eigenvalue weighted by molar-refractivity contribution is 6.31. The summed E-state index contributed by atoms with van der Waals surface area (Å²) in [6, 6.07) is 13.5. The molecule has 3 rings (SSSR count). The van der Waals surface area contributed by atoms with Crippen LogP contribution in [-0.4, -0.2) is 13.1 Å². The van der Waals surface area contributed by atoms with Gasteiger partial charge in [0, 0.05) is 11.1 Å². The predicted octanol–water partition coefficient (Wildman–Crippen LogP) is 4.02. The average Bonchev–Trinajstić information content (AvgIpc) is 2.91. The molecule has 1 N–H and O–H groups in total. The molecule has 1 unspecified atom stereocenters. The van der Waals surface area contributed by atoms with E-state index in [1.54, 1.807) is 12.1 Å². The predicted molar refractivity (Wildman–Crippen MR) is 85.3 cm³/mol. The van der Waals surface area contributed by atoms with Crippen LogP contribution in [0.1, 0.15) is 16.7 Å². The first-order chi connectivity index (χ1) is 10.2. The molecular formula is C18H19ClFN. The van der Waals surface area contributed by atoms with E-state index >= 15 is 0 Å². The minimum Gasteiger partial charge on any atom is -0.316 e. The van der Waals surface area contributed by atoms with Crippen LogP contribution < -0.4 is 5.32 Å². The summed E-state index contributed by atoms with van der Waals surface area (Å²) in [6.07, 6.45) is 2.91. The van der Waals surface area contributed by atoms with E-state index in [1.807, 2.05) is 7.05 Å². The number of benzene rings is 2. The maximum atomic E-state index is 13.4. The zero-order valence-corrected chi connectivity index (χ0v) is 12.8. The summed E-state index contributed by atoms with van der Waals surface area (Å²) in [5.41, 5.74) is 3.76. The summed E-state index contributed by atoms with van der Waals surface area (Å²) in [6.45, 7) is 0. The van der Waals surface area contributed by atoms with Gasteiger partial charge in [0.05, 0.1) is 0 Å². The van der Waals surface area contributed by atoms with Gasteiger partial charge in [0.15, 0.2) is 0 Å². The van der Waals surface area contributed by atoms with Crippen LogP contribution in [0.3, 0.4) is 0 Å². The lowest BCUT2D eigenvalue weighted by Crippen LogP contribution is -2.36. The molecule has 0 amide bonds. The Morgan fingerprint density at radius 1 is 1.19 bits per heavy atom. The van der Waals surface area contributed by atoms with Crippen molar-refractivity contribution < 1.29 is 4.39 Å². The second kappa shape index (κ2) is 6.17. The Bertz CT molecular complexity index is 616. The van der Waals surface area contributed by atoms with E-state index in [-0.39, 0.29) is 5.82 Å². The summed E-state index contributed by atoms with van der Waals surface area (Å²) in [5, 5.41) is 4.04. The van der Waals surface area contributed by atoms with E-state index in [1.165, 1.54) is 17.2 Å². The number of hydrogen-bond acceptors (Lipinski definition) is 1. The molecule has 0 aliphatic heterocycles. The topological polar surface area (TPSA) is 12.0 Å². The van der Waals surface area contributed by atoms with Crippen LogP contribution in [0.2, 0.25) is 5.02 Å². The Morgan fingerprint density at radius 3 is 2.48 bits per heavy atom. The lowest BCUT2D eigenvalue weighted by Gasteiger charge is -2.23. The second-order valence-corrected chi connectivity index (χ2v) is 6.18. The Kier molecular flexibility index (Phi) is 4.27. The molecule has 3 heteroatoms. The fourth-order valence-electron chi connectivity index (χ4n) is 3.32. The van der Waals surface area contributed by atoms with E-state index < -0.39 is 0 Å². The molecule has 1 atom stereocenters. The largest absolute Gasteiger partial charge is 0.316 e. The molecule has 0 heterocycles. The molecule has 110 valence electrons. The SMILES string of the molecule is CNC(Cc1cc(F)ccc1Cl)C1Cc2ccccc2C1. The van der Waals surface area contributed by atoms with Crippen LogP contribution >= 0.6 is 11.6 Å². The van der Waals surface area contributed by atoms with Crippen LogP contribution in [0.25, 0.3) is 0 Å². The molecule has 2 aromatic rings. The maximum absolute atomic E-state index is 13.4. The monoisotopic (exact) mass is 303 g/mol. The van der Waals surface area contributed by atoms with Crippen molar-refractivity contribution in [3.05, 3.63) is 70.0 Å². The fourth-order valence-corrected chi connectivity index (χ4v) is 3.51. The number of likely N-dealkylation sites (N-methyl/N-ethyl adjacent to an activating group) is 1. The first-order valence-corrected chi connectivity index (χ1v) is 7.73. The number of rotatable bonds is 4. The van der Waals surface area contributed by atoms with Crippen LogP contribution in [0.5, 0.6) is 0 Å². The van der Waals surface area contributed by atoms with Gasteiger partial charge < -0.3 is 5.32 Å². The maximum Gasteiger partial charge on any atom is 0.123 e. The number of halogens is 2. The zero-order valence-electron chi connectivity index (χ0n) is 12.1. The Morgan fingerprint density at radius 2 is 1.86 bits per heavy atom. The van der Waals surface area contributed by atoms with Crippen LogP contribution in [0.15, 0.2) is 42.5 Å². The van der Waals surface area contributed by atoms with Gasteiger partial charge in [-0.15, -0.1) is 0 Å². The standard InChI is InChI=1S/C18H19ClFN/c1-21-18(11-14-10-16(20)6-7-17(14)19)15-8-12-4-2-3-5-13(12)9-15/h2-7,10,15,18,21H,8-9,11H2,1H3. The molecular weight excluding hydrogens is 285 g/mol. The summed E-state index contributed by atoms with van der Waals surface area (Å²) in [5.74, 6) is 0.311.